The summed E-state index contributed by atoms with van der Waals surface area (Å²) in [6.45, 7) is 0. The average Bonchev–Trinajstić information content (AvgIpc) is 2.87. The van der Waals surface area contributed by atoms with E-state index in [1.807, 2.05) is 18.2 Å². The van der Waals surface area contributed by atoms with Crippen molar-refractivity contribution in [2.75, 3.05) is 5.73 Å². The van der Waals surface area contributed by atoms with Crippen LogP contribution in [0.2, 0.25) is 0 Å². The molecule has 0 aliphatic carbocycles. The van der Waals surface area contributed by atoms with Crippen LogP contribution >= 0.6 is 0 Å². The number of aromatic nitrogens is 2. The first kappa shape index (κ1) is 10.6. The van der Waals surface area contributed by atoms with Gasteiger partial charge >= 0.3 is 0 Å². The number of anilines is 1. The molecule has 0 amide bonds. The van der Waals surface area contributed by atoms with Crippen LogP contribution in [-0.2, 0) is 0 Å². The number of rotatable bonds is 2. The molecule has 1 heterocycles. The molecule has 3 rings (SSSR count). The van der Waals surface area contributed by atoms with E-state index < -0.39 is 0 Å². The van der Waals surface area contributed by atoms with E-state index in [1.54, 1.807) is 6.20 Å². The molecule has 0 bridgehead atoms. The van der Waals surface area contributed by atoms with Gasteiger partial charge in [-0.05, 0) is 16.7 Å². The third-order valence-corrected chi connectivity index (χ3v) is 2.90. The number of imidazole rings is 1. The maximum Gasteiger partial charge on any atom is 0.197 e. The fraction of sp³-hybridized carbons (Fsp3) is 0. The third kappa shape index (κ3) is 1.98. The van der Waals surface area contributed by atoms with E-state index in [-0.39, 0.29) is 0 Å². The minimum Gasteiger partial charge on any atom is -0.369 e. The summed E-state index contributed by atoms with van der Waals surface area (Å²) < 4.78 is 0. The zero-order valence-corrected chi connectivity index (χ0v) is 9.80. The van der Waals surface area contributed by atoms with Gasteiger partial charge in [-0.3, -0.25) is 0 Å². The van der Waals surface area contributed by atoms with Crippen molar-refractivity contribution in [3.05, 3.63) is 60.8 Å². The molecule has 0 atom stereocenters. The van der Waals surface area contributed by atoms with Gasteiger partial charge in [-0.15, -0.1) is 0 Å². The highest BCUT2D eigenvalue weighted by Crippen LogP contribution is 2.23. The van der Waals surface area contributed by atoms with Crippen molar-refractivity contribution >= 4 is 5.95 Å². The number of nitrogen functional groups attached to an aromatic ring is 1. The maximum atomic E-state index is 5.57. The Balaban J connectivity index is 1.94. The molecule has 18 heavy (non-hydrogen) atoms. The third-order valence-electron chi connectivity index (χ3n) is 2.90. The van der Waals surface area contributed by atoms with Crippen LogP contribution in [0.3, 0.4) is 0 Å². The van der Waals surface area contributed by atoms with Crippen LogP contribution in [0.15, 0.2) is 60.8 Å². The summed E-state index contributed by atoms with van der Waals surface area (Å²) in [4.78, 5) is 7.01. The molecule has 3 aromatic rings. The smallest absolute Gasteiger partial charge is 0.197 e. The molecule has 0 radical (unpaired) electrons. The van der Waals surface area contributed by atoms with E-state index in [0.717, 1.165) is 11.3 Å². The highest BCUT2D eigenvalue weighted by molar-refractivity contribution is 5.68. The number of nitrogens with two attached hydrogens (primary N) is 1. The lowest BCUT2D eigenvalue weighted by Crippen LogP contribution is -1.85. The highest BCUT2D eigenvalue weighted by Gasteiger charge is 2.02. The molecule has 0 saturated heterocycles. The summed E-state index contributed by atoms with van der Waals surface area (Å²) >= 11 is 0. The van der Waals surface area contributed by atoms with Crippen molar-refractivity contribution in [1.29, 1.82) is 0 Å². The Hall–Kier alpha value is -2.55. The first-order chi connectivity index (χ1) is 8.83. The number of H-pyrrole nitrogens is 1. The summed E-state index contributed by atoms with van der Waals surface area (Å²) in [7, 11) is 0. The standard InChI is InChI=1S/C15H13N3/c16-15-17-10-14(18-15)13-8-6-12(7-9-13)11-4-2-1-3-5-11/h1-10H,(H3,16,17,18). The van der Waals surface area contributed by atoms with Gasteiger partial charge in [0.15, 0.2) is 5.95 Å². The molecule has 0 fully saturated rings. The zero-order chi connectivity index (χ0) is 12.4. The van der Waals surface area contributed by atoms with E-state index in [2.05, 4.69) is 46.4 Å². The van der Waals surface area contributed by atoms with Crippen LogP contribution < -0.4 is 5.73 Å². The van der Waals surface area contributed by atoms with Crippen molar-refractivity contribution in [3.63, 3.8) is 0 Å². The van der Waals surface area contributed by atoms with Crippen LogP contribution in [-0.4, -0.2) is 9.97 Å². The molecule has 0 aliphatic rings. The monoisotopic (exact) mass is 235 g/mol. The largest absolute Gasteiger partial charge is 0.369 e. The normalized spacial score (nSPS) is 10.4. The summed E-state index contributed by atoms with van der Waals surface area (Å²) in [5.41, 5.74) is 10.0. The van der Waals surface area contributed by atoms with Crippen LogP contribution in [0, 0.1) is 0 Å². The van der Waals surface area contributed by atoms with Crippen molar-refractivity contribution in [1.82, 2.24) is 9.97 Å². The first-order valence-corrected chi connectivity index (χ1v) is 5.79. The van der Waals surface area contributed by atoms with Crippen molar-refractivity contribution in [2.45, 2.75) is 0 Å². The summed E-state index contributed by atoms with van der Waals surface area (Å²) in [6.07, 6.45) is 1.74. The summed E-state index contributed by atoms with van der Waals surface area (Å²) in [5.74, 6) is 0.442. The molecule has 2 aromatic carbocycles. The van der Waals surface area contributed by atoms with E-state index in [1.165, 1.54) is 11.1 Å². The van der Waals surface area contributed by atoms with Gasteiger partial charge in [-0.25, -0.2) is 4.98 Å². The Kier molecular flexibility index (Phi) is 2.57. The molecule has 1 aromatic heterocycles. The molecular formula is C15H13N3. The predicted molar refractivity (Wildman–Crippen MR) is 73.9 cm³/mol. The van der Waals surface area contributed by atoms with Crippen LogP contribution in [0.4, 0.5) is 5.95 Å². The number of nitrogens with one attached hydrogen (secondary N) is 1. The van der Waals surface area contributed by atoms with Crippen LogP contribution in [0.25, 0.3) is 22.4 Å². The minimum atomic E-state index is 0.442. The number of aromatic amines is 1. The average molecular weight is 235 g/mol. The van der Waals surface area contributed by atoms with Gasteiger partial charge in [0, 0.05) is 0 Å². The van der Waals surface area contributed by atoms with Gasteiger partial charge in [-0.1, -0.05) is 54.6 Å². The van der Waals surface area contributed by atoms with E-state index in [4.69, 9.17) is 5.73 Å². The molecule has 3 N–H and O–H groups in total. The van der Waals surface area contributed by atoms with Gasteiger partial charge in [0.25, 0.3) is 0 Å². The summed E-state index contributed by atoms with van der Waals surface area (Å²) in [5, 5.41) is 0. The number of hydrogen-bond donors (Lipinski definition) is 2. The lowest BCUT2D eigenvalue weighted by molar-refractivity contribution is 1.33. The molecule has 3 nitrogen and oxygen atoms in total. The van der Waals surface area contributed by atoms with Gasteiger partial charge in [0.2, 0.25) is 0 Å². The first-order valence-electron chi connectivity index (χ1n) is 5.79. The lowest BCUT2D eigenvalue weighted by Gasteiger charge is -2.03. The Labute approximate surface area is 105 Å². The Morgan fingerprint density at radius 3 is 2.00 bits per heavy atom. The van der Waals surface area contributed by atoms with E-state index >= 15 is 0 Å². The van der Waals surface area contributed by atoms with Gasteiger partial charge in [0.1, 0.15) is 0 Å². The van der Waals surface area contributed by atoms with E-state index in [0.29, 0.717) is 5.95 Å². The number of benzene rings is 2. The lowest BCUT2D eigenvalue weighted by atomic mass is 10.0. The second-order valence-electron chi connectivity index (χ2n) is 4.13. The molecule has 0 aliphatic heterocycles. The van der Waals surface area contributed by atoms with Crippen molar-refractivity contribution < 1.29 is 0 Å². The highest BCUT2D eigenvalue weighted by atomic mass is 15.0. The molecule has 3 heteroatoms. The Morgan fingerprint density at radius 2 is 1.39 bits per heavy atom. The molecular weight excluding hydrogens is 222 g/mol. The second-order valence-corrected chi connectivity index (χ2v) is 4.13. The topological polar surface area (TPSA) is 54.7 Å². The molecule has 0 spiro atoms. The Bertz CT molecular complexity index is 639. The molecule has 0 saturated carbocycles. The fourth-order valence-corrected chi connectivity index (χ4v) is 1.96. The maximum absolute atomic E-state index is 5.57. The fourth-order valence-electron chi connectivity index (χ4n) is 1.96. The number of nitrogens with zero attached hydrogens (tertiary/aromatic N) is 1. The van der Waals surface area contributed by atoms with E-state index in [9.17, 15) is 0 Å². The van der Waals surface area contributed by atoms with Gasteiger partial charge in [-0.2, -0.15) is 0 Å². The molecule has 0 unspecified atom stereocenters. The van der Waals surface area contributed by atoms with Gasteiger partial charge < -0.3 is 10.7 Å². The van der Waals surface area contributed by atoms with Crippen LogP contribution in [0.5, 0.6) is 0 Å². The van der Waals surface area contributed by atoms with Crippen molar-refractivity contribution in [2.24, 2.45) is 0 Å². The van der Waals surface area contributed by atoms with Crippen molar-refractivity contribution in [3.8, 4) is 22.4 Å². The molecule has 88 valence electrons. The number of hydrogen-bond acceptors (Lipinski definition) is 2. The van der Waals surface area contributed by atoms with Crippen LogP contribution in [0.1, 0.15) is 0 Å². The summed E-state index contributed by atoms with van der Waals surface area (Å²) in [6, 6.07) is 18.6. The zero-order valence-electron chi connectivity index (χ0n) is 9.80. The minimum absolute atomic E-state index is 0.442. The quantitative estimate of drug-likeness (QED) is 0.715. The Morgan fingerprint density at radius 1 is 0.778 bits per heavy atom. The second kappa shape index (κ2) is 4.37. The predicted octanol–water partition coefficient (Wildman–Crippen LogP) is 3.33. The van der Waals surface area contributed by atoms with Gasteiger partial charge in [0.05, 0.1) is 11.9 Å². The SMILES string of the molecule is Nc1ncc(-c2ccc(-c3ccccc3)cc2)[nH]1.